The van der Waals surface area contributed by atoms with Gasteiger partial charge in [0.05, 0.1) is 11.8 Å². The summed E-state index contributed by atoms with van der Waals surface area (Å²) in [4.78, 5) is 28.3. The van der Waals surface area contributed by atoms with Crippen LogP contribution in [0, 0.1) is 11.3 Å². The van der Waals surface area contributed by atoms with Crippen LogP contribution in [0.15, 0.2) is 42.7 Å². The second-order valence-corrected chi connectivity index (χ2v) is 6.54. The zero-order valence-corrected chi connectivity index (χ0v) is 14.9. The third-order valence-electron chi connectivity index (χ3n) is 4.87. The van der Waals surface area contributed by atoms with Gasteiger partial charge in [0.1, 0.15) is 17.9 Å². The van der Waals surface area contributed by atoms with Crippen molar-refractivity contribution in [2.24, 2.45) is 0 Å². The Bertz CT molecular complexity index is 1000. The Labute approximate surface area is 157 Å². The average molecular weight is 360 g/mol. The highest BCUT2D eigenvalue weighted by molar-refractivity contribution is 5.91. The number of hydrogen-bond acceptors (Lipinski definition) is 5. The van der Waals surface area contributed by atoms with E-state index in [0.717, 1.165) is 41.1 Å². The maximum absolute atomic E-state index is 12.0. The Balaban J connectivity index is 1.57. The molecular weight excluding hydrogens is 340 g/mol. The fourth-order valence-electron chi connectivity index (χ4n) is 3.51. The first kappa shape index (κ1) is 17.0. The molecule has 0 unspecified atom stereocenters. The molecule has 0 spiro atoms. The summed E-state index contributed by atoms with van der Waals surface area (Å²) in [5.74, 6) is 0.815. The number of rotatable bonds is 3. The largest absolute Gasteiger partial charge is 0.355 e. The molecule has 1 N–H and O–H groups in total. The van der Waals surface area contributed by atoms with Gasteiger partial charge in [-0.25, -0.2) is 9.97 Å². The van der Waals surface area contributed by atoms with Crippen LogP contribution < -0.4 is 4.90 Å². The van der Waals surface area contributed by atoms with Gasteiger partial charge in [0.15, 0.2) is 0 Å². The summed E-state index contributed by atoms with van der Waals surface area (Å²) in [6, 6.07) is 12.0. The van der Waals surface area contributed by atoms with Crippen molar-refractivity contribution < 1.29 is 4.79 Å². The zero-order valence-electron chi connectivity index (χ0n) is 14.9. The number of carbonyl (C=O) groups excluding carboxylic acids is 1. The lowest BCUT2D eigenvalue weighted by molar-refractivity contribution is -0.129. The molecule has 1 aliphatic heterocycles. The fourth-order valence-corrected chi connectivity index (χ4v) is 3.51. The molecule has 3 aromatic rings. The lowest BCUT2D eigenvalue weighted by Gasteiger charge is -2.23. The van der Waals surface area contributed by atoms with Crippen LogP contribution in [0.5, 0.6) is 0 Å². The van der Waals surface area contributed by atoms with Crippen molar-refractivity contribution in [1.82, 2.24) is 19.9 Å². The van der Waals surface area contributed by atoms with E-state index in [0.29, 0.717) is 19.6 Å². The Morgan fingerprint density at radius 1 is 1.19 bits per heavy atom. The van der Waals surface area contributed by atoms with Crippen molar-refractivity contribution in [3.63, 3.8) is 0 Å². The maximum Gasteiger partial charge on any atom is 0.236 e. The summed E-state index contributed by atoms with van der Waals surface area (Å²) in [5, 5.41) is 9.79. The number of anilines is 1. The number of H-pyrrole nitrogens is 1. The van der Waals surface area contributed by atoms with Gasteiger partial charge in [-0.1, -0.05) is 6.07 Å². The molecule has 7 heteroatoms. The van der Waals surface area contributed by atoms with Gasteiger partial charge in [-0.2, -0.15) is 5.26 Å². The molecule has 4 rings (SSSR count). The summed E-state index contributed by atoms with van der Waals surface area (Å²) < 4.78 is 0. The molecule has 0 atom stereocenters. The van der Waals surface area contributed by atoms with Crippen LogP contribution >= 0.6 is 0 Å². The molecule has 1 aliphatic rings. The molecule has 0 bridgehead atoms. The van der Waals surface area contributed by atoms with E-state index in [1.54, 1.807) is 11.1 Å². The van der Waals surface area contributed by atoms with Crippen molar-refractivity contribution in [2.75, 3.05) is 31.1 Å². The van der Waals surface area contributed by atoms with E-state index < -0.39 is 0 Å². The molecule has 0 radical (unpaired) electrons. The minimum atomic E-state index is -0.0901. The van der Waals surface area contributed by atoms with Crippen molar-refractivity contribution >= 4 is 22.8 Å². The van der Waals surface area contributed by atoms with E-state index in [1.807, 2.05) is 42.6 Å². The summed E-state index contributed by atoms with van der Waals surface area (Å²) in [5.41, 5.74) is 2.80. The average Bonchev–Trinajstić information content (AvgIpc) is 3.04. The van der Waals surface area contributed by atoms with Gasteiger partial charge in [-0.05, 0) is 30.7 Å². The number of nitrogens with zero attached hydrogens (tertiary/aromatic N) is 5. The van der Waals surface area contributed by atoms with Crippen LogP contribution in [0.25, 0.3) is 22.3 Å². The highest BCUT2D eigenvalue weighted by atomic mass is 16.2. The Morgan fingerprint density at radius 3 is 3.00 bits per heavy atom. The van der Waals surface area contributed by atoms with Crippen LogP contribution in [-0.4, -0.2) is 51.9 Å². The van der Waals surface area contributed by atoms with Crippen LogP contribution in [0.1, 0.15) is 12.8 Å². The standard InChI is InChI=1S/C20H20N6O/c21-8-5-19(27)26-12-2-11-25(13-14-26)18-4-1-3-17(24-18)15-6-9-22-20-16(15)7-10-23-20/h1,3-4,6-7,9-10H,2,5,11-14H2,(H,22,23). The fraction of sp³-hybridized carbons (Fsp3) is 0.300. The minimum absolute atomic E-state index is 0.0531. The molecule has 1 saturated heterocycles. The summed E-state index contributed by atoms with van der Waals surface area (Å²) in [7, 11) is 0. The summed E-state index contributed by atoms with van der Waals surface area (Å²) >= 11 is 0. The predicted molar refractivity (Wildman–Crippen MR) is 103 cm³/mol. The molecule has 4 heterocycles. The molecule has 27 heavy (non-hydrogen) atoms. The van der Waals surface area contributed by atoms with Crippen molar-refractivity contribution in [2.45, 2.75) is 12.8 Å². The quantitative estimate of drug-likeness (QED) is 0.775. The number of carbonyl (C=O) groups is 1. The van der Waals surface area contributed by atoms with Crippen molar-refractivity contribution in [3.8, 4) is 17.3 Å². The number of hydrogen-bond donors (Lipinski definition) is 1. The molecule has 7 nitrogen and oxygen atoms in total. The molecule has 1 fully saturated rings. The number of aromatic amines is 1. The van der Waals surface area contributed by atoms with E-state index in [4.69, 9.17) is 10.2 Å². The zero-order chi connectivity index (χ0) is 18.6. The molecule has 136 valence electrons. The maximum atomic E-state index is 12.0. The Morgan fingerprint density at radius 2 is 2.11 bits per heavy atom. The van der Waals surface area contributed by atoms with Gasteiger partial charge in [0, 0.05) is 49.5 Å². The number of nitrogens with one attached hydrogen (secondary N) is 1. The molecule has 3 aromatic heterocycles. The number of nitriles is 1. The van der Waals surface area contributed by atoms with Gasteiger partial charge in [-0.3, -0.25) is 4.79 Å². The van der Waals surface area contributed by atoms with E-state index >= 15 is 0 Å². The highest BCUT2D eigenvalue weighted by Crippen LogP contribution is 2.27. The topological polar surface area (TPSA) is 88.9 Å². The first-order chi connectivity index (χ1) is 13.3. The number of fused-ring (bicyclic) bond motifs is 1. The van der Waals surface area contributed by atoms with Crippen molar-refractivity contribution in [1.29, 1.82) is 5.26 Å². The molecule has 1 amide bonds. The van der Waals surface area contributed by atoms with Crippen molar-refractivity contribution in [3.05, 3.63) is 42.7 Å². The van der Waals surface area contributed by atoms with Gasteiger partial charge in [0.25, 0.3) is 0 Å². The van der Waals surface area contributed by atoms with Gasteiger partial charge in [0.2, 0.25) is 5.91 Å². The van der Waals surface area contributed by atoms with E-state index in [1.165, 1.54) is 0 Å². The third-order valence-corrected chi connectivity index (χ3v) is 4.87. The van der Waals surface area contributed by atoms with E-state index in [-0.39, 0.29) is 12.3 Å². The molecule has 0 saturated carbocycles. The van der Waals surface area contributed by atoms with Crippen LogP contribution in [-0.2, 0) is 4.79 Å². The third kappa shape index (κ3) is 3.47. The lowest BCUT2D eigenvalue weighted by atomic mass is 10.1. The normalized spacial score (nSPS) is 14.8. The first-order valence-corrected chi connectivity index (χ1v) is 9.05. The second kappa shape index (κ2) is 7.46. The predicted octanol–water partition coefficient (Wildman–Crippen LogP) is 2.58. The Hall–Kier alpha value is -3.40. The molecule has 0 aromatic carbocycles. The lowest BCUT2D eigenvalue weighted by Crippen LogP contribution is -2.35. The minimum Gasteiger partial charge on any atom is -0.355 e. The number of amides is 1. The number of aromatic nitrogens is 3. The smallest absolute Gasteiger partial charge is 0.236 e. The van der Waals surface area contributed by atoms with Gasteiger partial charge in [-0.15, -0.1) is 0 Å². The Kier molecular flexibility index (Phi) is 4.71. The van der Waals surface area contributed by atoms with Gasteiger partial charge < -0.3 is 14.8 Å². The van der Waals surface area contributed by atoms with E-state index in [2.05, 4.69) is 14.9 Å². The van der Waals surface area contributed by atoms with Crippen LogP contribution in [0.3, 0.4) is 0 Å². The van der Waals surface area contributed by atoms with Crippen LogP contribution in [0.2, 0.25) is 0 Å². The number of pyridine rings is 2. The summed E-state index contributed by atoms with van der Waals surface area (Å²) in [6.07, 6.45) is 4.47. The van der Waals surface area contributed by atoms with Gasteiger partial charge >= 0.3 is 0 Å². The van der Waals surface area contributed by atoms with E-state index in [9.17, 15) is 4.79 Å². The molecular formula is C20H20N6O. The second-order valence-electron chi connectivity index (χ2n) is 6.54. The highest BCUT2D eigenvalue weighted by Gasteiger charge is 2.20. The SMILES string of the molecule is N#CCC(=O)N1CCCN(c2cccc(-c3ccnc4[nH]ccc34)n2)CC1. The monoisotopic (exact) mass is 360 g/mol. The molecule has 0 aliphatic carbocycles. The summed E-state index contributed by atoms with van der Waals surface area (Å²) in [6.45, 7) is 2.85. The van der Waals surface area contributed by atoms with Crippen LogP contribution in [0.4, 0.5) is 5.82 Å². The first-order valence-electron chi connectivity index (χ1n) is 9.05.